The van der Waals surface area contributed by atoms with Crippen LogP contribution in [0.3, 0.4) is 0 Å². The van der Waals surface area contributed by atoms with Gasteiger partial charge in [-0.2, -0.15) is 0 Å². The van der Waals surface area contributed by atoms with Crippen LogP contribution in [0.2, 0.25) is 0 Å². The molecule has 0 spiro atoms. The van der Waals surface area contributed by atoms with Gasteiger partial charge in [0, 0.05) is 83.1 Å². The molecule has 0 saturated carbocycles. The Bertz CT molecular complexity index is 1540. The van der Waals surface area contributed by atoms with Gasteiger partial charge in [-0.15, -0.1) is 0 Å². The number of carboxylic acids is 3. The molecule has 3 amide bonds. The van der Waals surface area contributed by atoms with E-state index >= 15 is 0 Å². The molecule has 0 radical (unpaired) electrons. The first-order chi connectivity index (χ1) is 28.6. The number of aliphatic carboxylic acids is 3. The van der Waals surface area contributed by atoms with Crippen LogP contribution in [0, 0.1) is 0 Å². The lowest BCUT2D eigenvalue weighted by molar-refractivity contribution is -0.140. The number of benzene rings is 1. The second-order valence-electron chi connectivity index (χ2n) is 15.5. The number of ketones is 1. The van der Waals surface area contributed by atoms with Crippen LogP contribution in [0.1, 0.15) is 68.6 Å². The van der Waals surface area contributed by atoms with Crippen LogP contribution in [-0.4, -0.2) is 209 Å². The number of rotatable bonds is 23. The normalized spacial score (nSPS) is 18.1. The number of unbranched alkanes of at least 4 members (excludes halogenated alkanes) is 4. The molecule has 0 aliphatic carbocycles. The summed E-state index contributed by atoms with van der Waals surface area (Å²) in [7, 11) is -1.64. The number of likely N-dealkylation sites (tertiary alicyclic amines) is 1. The third-order valence-corrected chi connectivity index (χ3v) is 10.6. The zero-order valence-electron chi connectivity index (χ0n) is 34.6. The molecule has 21 heteroatoms. The molecule has 20 nitrogen and oxygen atoms in total. The summed E-state index contributed by atoms with van der Waals surface area (Å²) in [6.07, 6.45) is 5.63. The monoisotopic (exact) mass is 846 g/mol. The Morgan fingerprint density at radius 2 is 1.17 bits per heavy atom. The van der Waals surface area contributed by atoms with E-state index in [1.54, 1.807) is 45.9 Å². The molecule has 8 N–H and O–H groups in total. The summed E-state index contributed by atoms with van der Waals surface area (Å²) in [5.41, 5.74) is 1.000. The average molecular weight is 847 g/mol. The summed E-state index contributed by atoms with van der Waals surface area (Å²) < 4.78 is 0. The number of Topliss-reactive ketones (excluding diaryl/α,β-unsaturated/α-hetero) is 1. The topological polar surface area (TPSA) is 273 Å². The van der Waals surface area contributed by atoms with Gasteiger partial charge in [0.1, 0.15) is 6.04 Å². The maximum Gasteiger partial charge on any atom is 0.475 e. The van der Waals surface area contributed by atoms with Gasteiger partial charge < -0.3 is 46.2 Å². The van der Waals surface area contributed by atoms with Crippen molar-refractivity contribution < 1.29 is 58.9 Å². The number of carbonyl (C=O) groups excluding carboxylic acids is 4. The number of carboxylic acid groups (broad SMARTS) is 3. The highest BCUT2D eigenvalue weighted by Gasteiger charge is 2.38. The Labute approximate surface area is 351 Å². The number of anilines is 1. The molecule has 2 heterocycles. The van der Waals surface area contributed by atoms with Gasteiger partial charge in [0.15, 0.2) is 5.78 Å². The summed E-state index contributed by atoms with van der Waals surface area (Å²) in [6.45, 7) is 4.49. The van der Waals surface area contributed by atoms with Crippen LogP contribution in [0.15, 0.2) is 24.3 Å². The molecule has 2 fully saturated rings. The Kier molecular flexibility index (Phi) is 22.0. The average Bonchev–Trinajstić information content (AvgIpc) is 3.69. The van der Waals surface area contributed by atoms with E-state index in [9.17, 15) is 58.9 Å². The van der Waals surface area contributed by atoms with Gasteiger partial charge in [-0.05, 0) is 56.9 Å². The van der Waals surface area contributed by atoms with Crippen LogP contribution < -0.4 is 16.0 Å². The fraction of sp³-hybridized carbons (Fsp3) is 0.667. The molecule has 60 heavy (non-hydrogen) atoms. The SMILES string of the molecule is C[C@@H](NC(=O)c1ccc(NCC(=O)CCCCCCCNC(=O)CN2CCN(CC(=O)O)CCN(CC(=O)O)CCN(CC(=O)O)CC2)cc1)C(=O)N1CCC[C@H]1B(O)O. The largest absolute Gasteiger partial charge is 0.480 e. The van der Waals surface area contributed by atoms with Crippen molar-refractivity contribution in [3.05, 3.63) is 29.8 Å². The highest BCUT2D eigenvalue weighted by molar-refractivity contribution is 6.43. The maximum atomic E-state index is 12.9. The molecule has 2 atom stereocenters. The third-order valence-electron chi connectivity index (χ3n) is 10.6. The van der Waals surface area contributed by atoms with E-state index in [1.807, 2.05) is 4.90 Å². The van der Waals surface area contributed by atoms with Crippen molar-refractivity contribution >= 4 is 54.2 Å². The van der Waals surface area contributed by atoms with Crippen LogP contribution >= 0.6 is 0 Å². The van der Waals surface area contributed by atoms with Crippen molar-refractivity contribution in [2.75, 3.05) is 103 Å². The molecule has 1 aromatic rings. The summed E-state index contributed by atoms with van der Waals surface area (Å²) >= 11 is 0. The summed E-state index contributed by atoms with van der Waals surface area (Å²) in [5, 5.41) is 55.9. The van der Waals surface area contributed by atoms with Gasteiger partial charge in [-0.25, -0.2) is 0 Å². The van der Waals surface area contributed by atoms with E-state index in [2.05, 4.69) is 16.0 Å². The predicted octanol–water partition coefficient (Wildman–Crippen LogP) is -1.28. The van der Waals surface area contributed by atoms with E-state index in [0.717, 1.165) is 32.1 Å². The zero-order valence-corrected chi connectivity index (χ0v) is 34.6. The van der Waals surface area contributed by atoms with Crippen molar-refractivity contribution in [1.29, 1.82) is 0 Å². The first-order valence-corrected chi connectivity index (χ1v) is 20.8. The fourth-order valence-electron chi connectivity index (χ4n) is 7.24. The molecule has 3 rings (SSSR count). The van der Waals surface area contributed by atoms with Gasteiger partial charge >= 0.3 is 25.0 Å². The number of nitrogens with one attached hydrogen (secondary N) is 3. The van der Waals surface area contributed by atoms with Crippen molar-refractivity contribution in [1.82, 2.24) is 35.1 Å². The standard InChI is InChI=1S/C39H63BN8O12/c1-29(39(58)48-15-7-9-33(48)40(59)60)43-38(57)30-10-12-31(13-11-30)42-24-32(49)8-5-3-2-4-6-14-41-34(50)25-44-16-18-45(26-35(51)52)20-22-47(28-37(55)56)23-21-46(19-17-44)27-36(53)54/h10-13,29,33,42,59-60H,2-9,14-28H2,1H3,(H,41,50)(H,43,57)(H,51,52)(H,53,54)(H,55,56)/t29-,33+/m1/s1. The minimum Gasteiger partial charge on any atom is -0.480 e. The van der Waals surface area contributed by atoms with Crippen molar-refractivity contribution in [2.24, 2.45) is 0 Å². The number of nitrogens with zero attached hydrogens (tertiary/aromatic N) is 5. The predicted molar refractivity (Wildman–Crippen MR) is 221 cm³/mol. The molecule has 2 aliphatic heterocycles. The highest BCUT2D eigenvalue weighted by Crippen LogP contribution is 2.19. The molecule has 0 unspecified atom stereocenters. The van der Waals surface area contributed by atoms with Crippen LogP contribution in [0.4, 0.5) is 5.69 Å². The molecule has 2 aliphatic rings. The molecule has 334 valence electrons. The second-order valence-corrected chi connectivity index (χ2v) is 15.5. The van der Waals surface area contributed by atoms with E-state index in [-0.39, 0.29) is 50.3 Å². The van der Waals surface area contributed by atoms with Crippen molar-refractivity contribution in [3.63, 3.8) is 0 Å². The number of hydrogen-bond donors (Lipinski definition) is 8. The van der Waals surface area contributed by atoms with E-state index in [0.29, 0.717) is 96.0 Å². The Hall–Kier alpha value is -4.67. The van der Waals surface area contributed by atoms with Crippen molar-refractivity contribution in [3.8, 4) is 0 Å². The van der Waals surface area contributed by atoms with Crippen LogP contribution in [-0.2, 0) is 28.8 Å². The Morgan fingerprint density at radius 1 is 0.683 bits per heavy atom. The smallest absolute Gasteiger partial charge is 0.475 e. The highest BCUT2D eigenvalue weighted by atomic mass is 16.4. The van der Waals surface area contributed by atoms with Crippen molar-refractivity contribution in [2.45, 2.75) is 70.3 Å². The minimum absolute atomic E-state index is 0.0451. The summed E-state index contributed by atoms with van der Waals surface area (Å²) in [6, 6.07) is 5.69. The van der Waals surface area contributed by atoms with Crippen LogP contribution in [0.5, 0.6) is 0 Å². The minimum atomic E-state index is -1.64. The van der Waals surface area contributed by atoms with E-state index < -0.39 is 42.9 Å². The van der Waals surface area contributed by atoms with E-state index in [1.165, 1.54) is 4.90 Å². The lowest BCUT2D eigenvalue weighted by atomic mass is 9.78. The molecular formula is C39H63BN8O12. The van der Waals surface area contributed by atoms with Gasteiger partial charge in [0.05, 0.1) is 38.7 Å². The summed E-state index contributed by atoms with van der Waals surface area (Å²) in [5.74, 6) is -4.72. The molecule has 0 aromatic heterocycles. The van der Waals surface area contributed by atoms with Crippen LogP contribution in [0.25, 0.3) is 0 Å². The Balaban J connectivity index is 1.31. The maximum absolute atomic E-state index is 12.9. The molecule has 1 aromatic carbocycles. The van der Waals surface area contributed by atoms with Gasteiger partial charge in [0.2, 0.25) is 11.8 Å². The zero-order chi connectivity index (χ0) is 44.0. The molecule has 0 bridgehead atoms. The fourth-order valence-corrected chi connectivity index (χ4v) is 7.24. The Morgan fingerprint density at radius 3 is 1.67 bits per heavy atom. The first kappa shape index (κ1) is 49.7. The number of amides is 3. The van der Waals surface area contributed by atoms with Gasteiger partial charge in [0.25, 0.3) is 5.91 Å². The first-order valence-electron chi connectivity index (χ1n) is 20.8. The number of carbonyl (C=O) groups is 7. The second kappa shape index (κ2) is 26.5. The van der Waals surface area contributed by atoms with Gasteiger partial charge in [-0.3, -0.25) is 53.2 Å². The molecular weight excluding hydrogens is 783 g/mol. The quantitative estimate of drug-likeness (QED) is 0.0471. The number of hydrogen-bond acceptors (Lipinski definition) is 14. The van der Waals surface area contributed by atoms with E-state index in [4.69, 9.17) is 0 Å². The summed E-state index contributed by atoms with van der Waals surface area (Å²) in [4.78, 5) is 93.6. The lowest BCUT2D eigenvalue weighted by Crippen LogP contribution is -2.52. The lowest BCUT2D eigenvalue weighted by Gasteiger charge is -2.32. The van der Waals surface area contributed by atoms with Gasteiger partial charge in [-0.1, -0.05) is 19.3 Å². The third kappa shape index (κ3) is 19.2. The molecule has 2 saturated heterocycles.